The highest BCUT2D eigenvalue weighted by atomic mass is 35.5. The molecule has 4 fully saturated rings. The molecule has 198 valence electrons. The van der Waals surface area contributed by atoms with Crippen LogP contribution in [0.4, 0.5) is 5.69 Å². The molecule has 2 saturated carbocycles. The second kappa shape index (κ2) is 10.1. The monoisotopic (exact) mass is 559 g/mol. The average Bonchev–Trinajstić information content (AvgIpc) is 3.81. The van der Waals surface area contributed by atoms with Crippen LogP contribution in [0.5, 0.6) is 0 Å². The summed E-state index contributed by atoms with van der Waals surface area (Å²) in [7, 11) is 0. The molecule has 0 atom stereocenters. The molecule has 2 aliphatic heterocycles. The zero-order valence-corrected chi connectivity index (χ0v) is 24.0. The molecule has 0 aromatic carbocycles. The van der Waals surface area contributed by atoms with Crippen molar-refractivity contribution >= 4 is 56.6 Å². The van der Waals surface area contributed by atoms with Gasteiger partial charge in [0.25, 0.3) is 0 Å². The quantitative estimate of drug-likeness (QED) is 0.222. The van der Waals surface area contributed by atoms with Crippen molar-refractivity contribution in [2.75, 3.05) is 31.2 Å². The standard InChI is InChI=1S/C24H28ClN7OS2.C2H6/c1-22(2-3-22)30-35-15-10-16(31-8-6-23(7-9-31)13-33-14-23)17-18(25)29-20(32(17)11-15)19(27)34-21(28)24(12-26)4-5-24;1-2/h10-11,27-28,30H,2-9,13-14H2,1H3;1-2H3. The molecule has 0 amide bonds. The highest BCUT2D eigenvalue weighted by Gasteiger charge is 2.48. The Hall–Kier alpha value is -1.77. The summed E-state index contributed by atoms with van der Waals surface area (Å²) in [6.07, 6.45) is 7.85. The Labute approximate surface area is 232 Å². The van der Waals surface area contributed by atoms with Gasteiger partial charge in [0.05, 0.1) is 30.0 Å². The first-order valence-electron chi connectivity index (χ1n) is 13.0. The van der Waals surface area contributed by atoms with Gasteiger partial charge in [-0.15, -0.1) is 0 Å². The number of ether oxygens (including phenoxy) is 1. The third-order valence-electron chi connectivity index (χ3n) is 7.85. The maximum atomic E-state index is 9.45. The Bertz CT molecular complexity index is 1260. The summed E-state index contributed by atoms with van der Waals surface area (Å²) in [6.45, 7) is 9.80. The highest BCUT2D eigenvalue weighted by molar-refractivity contribution is 8.26. The number of anilines is 1. The van der Waals surface area contributed by atoms with Crippen molar-refractivity contribution in [2.24, 2.45) is 10.8 Å². The van der Waals surface area contributed by atoms with Crippen LogP contribution in [0.3, 0.4) is 0 Å². The number of halogens is 1. The molecule has 11 heteroatoms. The predicted octanol–water partition coefficient (Wildman–Crippen LogP) is 6.12. The van der Waals surface area contributed by atoms with Gasteiger partial charge >= 0.3 is 0 Å². The normalized spacial score (nSPS) is 22.0. The third kappa shape index (κ3) is 5.13. The molecule has 6 rings (SSSR count). The van der Waals surface area contributed by atoms with Gasteiger partial charge in [-0.1, -0.05) is 37.2 Å². The van der Waals surface area contributed by atoms with Crippen LogP contribution in [0.25, 0.3) is 5.52 Å². The number of thioether (sulfide) groups is 1. The number of pyridine rings is 1. The van der Waals surface area contributed by atoms with Crippen LogP contribution in [0, 0.1) is 33.0 Å². The molecule has 4 aliphatic rings. The van der Waals surface area contributed by atoms with E-state index in [1.165, 1.54) is 0 Å². The van der Waals surface area contributed by atoms with Crippen molar-refractivity contribution in [3.63, 3.8) is 0 Å². The van der Waals surface area contributed by atoms with Gasteiger partial charge in [-0.05, 0) is 63.5 Å². The Morgan fingerprint density at radius 1 is 1.16 bits per heavy atom. The van der Waals surface area contributed by atoms with Crippen molar-refractivity contribution in [3.05, 3.63) is 23.2 Å². The lowest BCUT2D eigenvalue weighted by molar-refractivity contribution is -0.124. The van der Waals surface area contributed by atoms with Gasteiger partial charge in [-0.2, -0.15) is 5.26 Å². The van der Waals surface area contributed by atoms with E-state index in [0.717, 1.165) is 79.8 Å². The lowest BCUT2D eigenvalue weighted by Gasteiger charge is -2.48. The molecule has 1 spiro atoms. The van der Waals surface area contributed by atoms with E-state index in [0.29, 0.717) is 29.2 Å². The van der Waals surface area contributed by atoms with Crippen LogP contribution >= 0.6 is 35.3 Å². The highest BCUT2D eigenvalue weighted by Crippen LogP contribution is 2.49. The van der Waals surface area contributed by atoms with E-state index in [1.54, 1.807) is 11.9 Å². The molecule has 2 saturated heterocycles. The van der Waals surface area contributed by atoms with Gasteiger partial charge in [-0.3, -0.25) is 19.9 Å². The van der Waals surface area contributed by atoms with Crippen molar-refractivity contribution in [1.82, 2.24) is 14.1 Å². The van der Waals surface area contributed by atoms with Crippen LogP contribution in [-0.2, 0) is 4.74 Å². The molecule has 8 nitrogen and oxygen atoms in total. The number of nitrogens with one attached hydrogen (secondary N) is 3. The predicted molar refractivity (Wildman–Crippen MR) is 152 cm³/mol. The van der Waals surface area contributed by atoms with E-state index in [1.807, 2.05) is 24.4 Å². The number of nitrogens with zero attached hydrogens (tertiary/aromatic N) is 4. The first-order chi connectivity index (χ1) is 17.8. The first-order valence-corrected chi connectivity index (χ1v) is 15.0. The fraction of sp³-hybridized carbons (Fsp3) is 0.615. The molecule has 4 heterocycles. The molecule has 2 aromatic rings. The van der Waals surface area contributed by atoms with Crippen LogP contribution in [0.1, 0.15) is 65.1 Å². The van der Waals surface area contributed by atoms with E-state index in [2.05, 4.69) is 33.7 Å². The lowest BCUT2D eigenvalue weighted by atomic mass is 9.77. The molecule has 0 radical (unpaired) electrons. The maximum Gasteiger partial charge on any atom is 0.171 e. The van der Waals surface area contributed by atoms with Gasteiger partial charge in [0.15, 0.2) is 11.0 Å². The average molecular weight is 560 g/mol. The van der Waals surface area contributed by atoms with E-state index in [4.69, 9.17) is 27.2 Å². The van der Waals surface area contributed by atoms with Crippen molar-refractivity contribution < 1.29 is 4.74 Å². The maximum absolute atomic E-state index is 9.45. The largest absolute Gasteiger partial charge is 0.380 e. The fourth-order valence-corrected chi connectivity index (χ4v) is 6.77. The zero-order valence-electron chi connectivity index (χ0n) is 21.6. The van der Waals surface area contributed by atoms with Crippen LogP contribution in [-0.4, -0.2) is 51.3 Å². The van der Waals surface area contributed by atoms with Crippen molar-refractivity contribution in [1.29, 1.82) is 16.1 Å². The number of hydrogen-bond acceptors (Lipinski definition) is 9. The van der Waals surface area contributed by atoms with Gasteiger partial charge < -0.3 is 9.64 Å². The summed E-state index contributed by atoms with van der Waals surface area (Å²) >= 11 is 9.33. The Morgan fingerprint density at radius 2 is 1.84 bits per heavy atom. The summed E-state index contributed by atoms with van der Waals surface area (Å²) in [5.74, 6) is 0.413. The molecule has 0 bridgehead atoms. The first kappa shape index (κ1) is 26.8. The van der Waals surface area contributed by atoms with E-state index < -0.39 is 5.41 Å². The third-order valence-corrected chi connectivity index (χ3v) is 10.1. The minimum atomic E-state index is -0.724. The van der Waals surface area contributed by atoms with Crippen LogP contribution in [0.2, 0.25) is 5.15 Å². The minimum Gasteiger partial charge on any atom is -0.380 e. The molecule has 2 aromatic heterocycles. The van der Waals surface area contributed by atoms with Crippen LogP contribution < -0.4 is 9.62 Å². The SMILES string of the molecule is CC.CC1(NSc2cc(N3CCC4(CC3)COC4)c3c(Cl)nc(C(=N)SC(=N)C4(C#N)CC4)n3c2)CC1. The van der Waals surface area contributed by atoms with Crippen molar-refractivity contribution in [2.45, 2.75) is 69.7 Å². The number of nitriles is 1. The molecule has 3 N–H and O–H groups in total. The summed E-state index contributed by atoms with van der Waals surface area (Å²) in [6, 6.07) is 4.42. The number of aromatic nitrogens is 2. The number of hydrogen-bond donors (Lipinski definition) is 3. The summed E-state index contributed by atoms with van der Waals surface area (Å²) in [5.41, 5.74) is 1.60. The molecule has 0 unspecified atom stereocenters. The van der Waals surface area contributed by atoms with Crippen molar-refractivity contribution in [3.8, 4) is 6.07 Å². The molecule has 2 aliphatic carbocycles. The number of rotatable bonds is 6. The zero-order chi connectivity index (χ0) is 26.4. The number of piperidine rings is 1. The number of fused-ring (bicyclic) bond motifs is 1. The van der Waals surface area contributed by atoms with E-state index in [9.17, 15) is 5.26 Å². The van der Waals surface area contributed by atoms with Gasteiger partial charge in [-0.25, -0.2) is 4.98 Å². The number of imidazole rings is 1. The molecular formula is C26H34ClN7OS2. The van der Waals surface area contributed by atoms with E-state index in [-0.39, 0.29) is 15.6 Å². The van der Waals surface area contributed by atoms with Gasteiger partial charge in [0.2, 0.25) is 0 Å². The Balaban J connectivity index is 0.00000137. The van der Waals surface area contributed by atoms with Crippen LogP contribution in [0.15, 0.2) is 17.2 Å². The summed E-state index contributed by atoms with van der Waals surface area (Å²) in [5, 5.41) is 27.3. The Kier molecular flexibility index (Phi) is 7.31. The minimum absolute atomic E-state index is 0.137. The molecule has 37 heavy (non-hydrogen) atoms. The van der Waals surface area contributed by atoms with E-state index >= 15 is 0 Å². The van der Waals surface area contributed by atoms with Gasteiger partial charge in [0.1, 0.15) is 16.0 Å². The molecular weight excluding hydrogens is 526 g/mol. The Morgan fingerprint density at radius 3 is 2.38 bits per heavy atom. The summed E-state index contributed by atoms with van der Waals surface area (Å²) < 4.78 is 11.0. The smallest absolute Gasteiger partial charge is 0.171 e. The lowest BCUT2D eigenvalue weighted by Crippen LogP contribution is -2.51. The fourth-order valence-electron chi connectivity index (χ4n) is 4.72. The van der Waals surface area contributed by atoms with Gasteiger partial charge in [0, 0.05) is 35.1 Å². The topological polar surface area (TPSA) is 113 Å². The second-order valence-electron chi connectivity index (χ2n) is 10.7. The summed E-state index contributed by atoms with van der Waals surface area (Å²) in [4.78, 5) is 7.99. The second-order valence-corrected chi connectivity index (χ2v) is 13.0.